The lowest BCUT2D eigenvalue weighted by Gasteiger charge is -2.29. The van der Waals surface area contributed by atoms with Gasteiger partial charge < -0.3 is 10.2 Å². The van der Waals surface area contributed by atoms with E-state index in [0.29, 0.717) is 12.5 Å². The summed E-state index contributed by atoms with van der Waals surface area (Å²) in [6, 6.07) is 9.53. The van der Waals surface area contributed by atoms with Crippen LogP contribution in [-0.4, -0.2) is 50.5 Å². The Morgan fingerprint density at radius 3 is 2.26 bits per heavy atom. The molecule has 0 aliphatic heterocycles. The topological polar surface area (TPSA) is 66.5 Å². The van der Waals surface area contributed by atoms with Gasteiger partial charge in [-0.15, -0.1) is 0 Å². The molecule has 0 spiro atoms. The molecule has 0 aromatic heterocycles. The zero-order chi connectivity index (χ0) is 17.6. The molecule has 0 fully saturated rings. The number of carbonyl (C=O) groups excluding carboxylic acids is 1. The van der Waals surface area contributed by atoms with E-state index >= 15 is 0 Å². The van der Waals surface area contributed by atoms with Gasteiger partial charge in [-0.3, -0.25) is 0 Å². The minimum absolute atomic E-state index is 0.242. The third-order valence-corrected chi connectivity index (χ3v) is 6.25. The number of nitrogens with one attached hydrogen (secondary N) is 1. The molecular weight excluding hydrogens is 312 g/mol. The van der Waals surface area contributed by atoms with Crippen LogP contribution >= 0.6 is 0 Å². The molecule has 0 saturated carbocycles. The Bertz CT molecular complexity index is 602. The van der Waals surface area contributed by atoms with E-state index < -0.39 is 15.1 Å². The van der Waals surface area contributed by atoms with E-state index in [1.54, 1.807) is 20.9 Å². The number of hydrogen-bond acceptors (Lipinski definition) is 3. The van der Waals surface area contributed by atoms with Crippen LogP contribution in [0.1, 0.15) is 38.7 Å². The Morgan fingerprint density at radius 2 is 1.74 bits per heavy atom. The van der Waals surface area contributed by atoms with E-state index in [0.717, 1.165) is 6.42 Å². The molecule has 0 radical (unpaired) electrons. The molecule has 0 unspecified atom stereocenters. The van der Waals surface area contributed by atoms with Crippen molar-refractivity contribution in [3.8, 4) is 0 Å². The van der Waals surface area contributed by atoms with Gasteiger partial charge in [0.05, 0.1) is 5.25 Å². The lowest BCUT2D eigenvalue weighted by atomic mass is 9.98. The van der Waals surface area contributed by atoms with Crippen LogP contribution in [-0.2, 0) is 9.84 Å². The summed E-state index contributed by atoms with van der Waals surface area (Å²) in [7, 11) is -1.54. The summed E-state index contributed by atoms with van der Waals surface area (Å²) >= 11 is 0. The molecule has 5 nitrogen and oxygen atoms in total. The van der Waals surface area contributed by atoms with Crippen LogP contribution in [0.25, 0.3) is 0 Å². The first-order chi connectivity index (χ1) is 10.6. The molecule has 0 saturated heterocycles. The number of carbonyl (C=O) groups is 1. The highest BCUT2D eigenvalue weighted by Crippen LogP contribution is 2.17. The summed E-state index contributed by atoms with van der Waals surface area (Å²) in [6.07, 6.45) is 2.03. The van der Waals surface area contributed by atoms with Crippen LogP contribution in [0.5, 0.6) is 0 Å². The van der Waals surface area contributed by atoms with Crippen molar-refractivity contribution in [3.63, 3.8) is 0 Å². The number of nitrogens with zero attached hydrogens (tertiary/aromatic N) is 1. The lowest BCUT2D eigenvalue weighted by molar-refractivity contribution is 0.193. The van der Waals surface area contributed by atoms with Gasteiger partial charge in [0, 0.05) is 25.9 Å². The largest absolute Gasteiger partial charge is 0.338 e. The highest BCUT2D eigenvalue weighted by atomic mass is 32.2. The number of hydrogen-bond donors (Lipinski definition) is 1. The zero-order valence-electron chi connectivity index (χ0n) is 14.6. The van der Waals surface area contributed by atoms with Crippen LogP contribution < -0.4 is 5.32 Å². The Balaban J connectivity index is 2.47. The summed E-state index contributed by atoms with van der Waals surface area (Å²) in [4.78, 5) is 13.6. The Hall–Kier alpha value is -1.56. The fraction of sp³-hybridized carbons (Fsp3) is 0.588. The average Bonchev–Trinajstić information content (AvgIpc) is 2.52. The third-order valence-electron chi connectivity index (χ3n) is 4.51. The van der Waals surface area contributed by atoms with Crippen LogP contribution in [0.2, 0.25) is 0 Å². The van der Waals surface area contributed by atoms with E-state index in [4.69, 9.17) is 0 Å². The first kappa shape index (κ1) is 19.5. The molecule has 0 bridgehead atoms. The van der Waals surface area contributed by atoms with Crippen LogP contribution in [0.15, 0.2) is 30.3 Å². The number of rotatable bonds is 7. The third kappa shape index (κ3) is 5.86. The predicted molar refractivity (Wildman–Crippen MR) is 94.4 cm³/mol. The van der Waals surface area contributed by atoms with Gasteiger partial charge in [0.2, 0.25) is 0 Å². The van der Waals surface area contributed by atoms with E-state index in [2.05, 4.69) is 24.4 Å². The smallest absolute Gasteiger partial charge is 0.317 e. The van der Waals surface area contributed by atoms with Gasteiger partial charge in [0.1, 0.15) is 0 Å². The molecular formula is C17H28N2O3S. The standard InChI is InChI=1S/C17H28N2O3S/c1-13(16-9-7-6-8-10-16)11-12-18-17(20)19(4)14(2)15(3)23(5,21)22/h6-10,13-15H,11-12H2,1-5H3,(H,18,20)/t13-,14+,15+/m1/s1. The summed E-state index contributed by atoms with van der Waals surface area (Å²) in [5.41, 5.74) is 1.24. The zero-order valence-corrected chi connectivity index (χ0v) is 15.4. The molecule has 130 valence electrons. The molecule has 2 amide bonds. The van der Waals surface area contributed by atoms with Crippen LogP contribution in [0, 0.1) is 0 Å². The second-order valence-corrected chi connectivity index (χ2v) is 8.62. The van der Waals surface area contributed by atoms with Gasteiger partial charge in [0.25, 0.3) is 0 Å². The molecule has 3 atom stereocenters. The normalized spacial score (nSPS) is 15.5. The van der Waals surface area contributed by atoms with Gasteiger partial charge in [-0.05, 0) is 31.7 Å². The molecule has 1 N–H and O–H groups in total. The van der Waals surface area contributed by atoms with Crippen molar-refractivity contribution in [2.75, 3.05) is 19.8 Å². The van der Waals surface area contributed by atoms with Gasteiger partial charge in [-0.1, -0.05) is 37.3 Å². The van der Waals surface area contributed by atoms with Crippen molar-refractivity contribution < 1.29 is 13.2 Å². The number of sulfone groups is 1. The Kier molecular flexibility index (Phi) is 7.06. The molecule has 1 aromatic rings. The fourth-order valence-electron chi connectivity index (χ4n) is 2.33. The summed E-state index contributed by atoms with van der Waals surface area (Å²) in [5, 5.41) is 2.27. The maximum Gasteiger partial charge on any atom is 0.317 e. The lowest BCUT2D eigenvalue weighted by Crippen LogP contribution is -2.48. The maximum atomic E-state index is 12.2. The van der Waals surface area contributed by atoms with Crippen molar-refractivity contribution in [3.05, 3.63) is 35.9 Å². The second-order valence-electron chi connectivity index (χ2n) is 6.22. The summed E-state index contributed by atoms with van der Waals surface area (Å²) in [6.45, 7) is 6.05. The maximum absolute atomic E-state index is 12.2. The predicted octanol–water partition coefficient (Wildman–Crippen LogP) is 2.64. The quantitative estimate of drug-likeness (QED) is 0.830. The first-order valence-corrected chi connectivity index (χ1v) is 9.84. The SMILES string of the molecule is C[C@H](CCNC(=O)N(C)[C@@H](C)[C@H](C)S(C)(=O)=O)c1ccccc1. The van der Waals surface area contributed by atoms with E-state index in [1.807, 2.05) is 18.2 Å². The highest BCUT2D eigenvalue weighted by molar-refractivity contribution is 7.91. The van der Waals surface area contributed by atoms with Crippen molar-refractivity contribution in [2.45, 2.75) is 44.4 Å². The van der Waals surface area contributed by atoms with Crippen LogP contribution in [0.3, 0.4) is 0 Å². The van der Waals surface area contributed by atoms with Gasteiger partial charge in [0.15, 0.2) is 9.84 Å². The highest BCUT2D eigenvalue weighted by Gasteiger charge is 2.27. The summed E-state index contributed by atoms with van der Waals surface area (Å²) in [5.74, 6) is 0.356. The second kappa shape index (κ2) is 8.34. The molecule has 0 aliphatic rings. The molecule has 0 aliphatic carbocycles. The molecule has 1 rings (SSSR count). The Morgan fingerprint density at radius 1 is 1.17 bits per heavy atom. The van der Waals surface area contributed by atoms with Gasteiger partial charge >= 0.3 is 6.03 Å². The van der Waals surface area contributed by atoms with E-state index in [1.165, 1.54) is 16.7 Å². The number of urea groups is 1. The molecule has 0 heterocycles. The van der Waals surface area contributed by atoms with Gasteiger partial charge in [-0.2, -0.15) is 0 Å². The number of benzene rings is 1. The van der Waals surface area contributed by atoms with E-state index in [-0.39, 0.29) is 12.1 Å². The number of amides is 2. The minimum atomic E-state index is -3.17. The fourth-order valence-corrected chi connectivity index (χ4v) is 3.22. The molecule has 6 heteroatoms. The first-order valence-electron chi connectivity index (χ1n) is 7.89. The minimum Gasteiger partial charge on any atom is -0.338 e. The van der Waals surface area contributed by atoms with Crippen molar-refractivity contribution in [1.82, 2.24) is 10.2 Å². The average molecular weight is 340 g/mol. The van der Waals surface area contributed by atoms with Crippen LogP contribution in [0.4, 0.5) is 4.79 Å². The molecule has 23 heavy (non-hydrogen) atoms. The van der Waals surface area contributed by atoms with Crippen molar-refractivity contribution in [2.24, 2.45) is 0 Å². The summed E-state index contributed by atoms with van der Waals surface area (Å²) < 4.78 is 23.2. The van der Waals surface area contributed by atoms with Gasteiger partial charge in [-0.25, -0.2) is 13.2 Å². The van der Waals surface area contributed by atoms with Crippen molar-refractivity contribution in [1.29, 1.82) is 0 Å². The van der Waals surface area contributed by atoms with Crippen molar-refractivity contribution >= 4 is 15.9 Å². The molecule has 1 aromatic carbocycles. The monoisotopic (exact) mass is 340 g/mol. The Labute approximate surface area is 140 Å². The van der Waals surface area contributed by atoms with E-state index in [9.17, 15) is 13.2 Å².